The fourth-order valence-corrected chi connectivity index (χ4v) is 6.62. The van der Waals surface area contributed by atoms with Crippen molar-refractivity contribution in [1.82, 2.24) is 10.2 Å². The van der Waals surface area contributed by atoms with Crippen LogP contribution in [0.5, 0.6) is 5.75 Å². The van der Waals surface area contributed by atoms with Gasteiger partial charge in [0.2, 0.25) is 11.8 Å². The van der Waals surface area contributed by atoms with Gasteiger partial charge in [0.1, 0.15) is 18.3 Å². The monoisotopic (exact) mass is 611 g/mol. The van der Waals surface area contributed by atoms with Crippen molar-refractivity contribution in [2.45, 2.75) is 69.5 Å². The maximum Gasteiger partial charge on any atom is 0.264 e. The van der Waals surface area contributed by atoms with E-state index in [2.05, 4.69) is 5.32 Å². The molecule has 42 heavy (non-hydrogen) atoms. The van der Waals surface area contributed by atoms with Gasteiger partial charge in [-0.1, -0.05) is 61.2 Å². The van der Waals surface area contributed by atoms with Crippen molar-refractivity contribution < 1.29 is 22.7 Å². The SMILES string of the molecule is CCOc1ccc(N(CC(=O)N(Cc2ccc(Cl)cc2)[C@H](C)C(=O)NC2CCCCC2)S(=O)(=O)c2ccccc2)cc1. The van der Waals surface area contributed by atoms with E-state index in [0.717, 1.165) is 42.0 Å². The highest BCUT2D eigenvalue weighted by molar-refractivity contribution is 7.92. The number of benzene rings is 3. The second-order valence-electron chi connectivity index (χ2n) is 10.4. The van der Waals surface area contributed by atoms with E-state index < -0.39 is 28.5 Å². The van der Waals surface area contributed by atoms with Gasteiger partial charge < -0.3 is 15.0 Å². The number of sulfonamides is 1. The van der Waals surface area contributed by atoms with Gasteiger partial charge in [0.05, 0.1) is 17.2 Å². The maximum absolute atomic E-state index is 14.1. The van der Waals surface area contributed by atoms with Crippen LogP contribution < -0.4 is 14.4 Å². The lowest BCUT2D eigenvalue weighted by Gasteiger charge is -2.33. The number of ether oxygens (including phenoxy) is 1. The van der Waals surface area contributed by atoms with Crippen LogP contribution in [0.2, 0.25) is 5.02 Å². The van der Waals surface area contributed by atoms with Crippen LogP contribution in [0.3, 0.4) is 0 Å². The third kappa shape index (κ3) is 8.04. The van der Waals surface area contributed by atoms with E-state index in [1.54, 1.807) is 73.7 Å². The van der Waals surface area contributed by atoms with Crippen molar-refractivity contribution in [3.63, 3.8) is 0 Å². The first-order chi connectivity index (χ1) is 20.2. The number of halogens is 1. The van der Waals surface area contributed by atoms with Crippen LogP contribution in [0.25, 0.3) is 0 Å². The normalized spacial score (nSPS) is 14.5. The van der Waals surface area contributed by atoms with Crippen molar-refractivity contribution >= 4 is 39.1 Å². The molecule has 0 heterocycles. The van der Waals surface area contributed by atoms with Crippen LogP contribution in [0.1, 0.15) is 51.5 Å². The number of nitrogens with zero attached hydrogens (tertiary/aromatic N) is 2. The minimum atomic E-state index is -4.13. The largest absolute Gasteiger partial charge is 0.494 e. The molecular weight excluding hydrogens is 574 g/mol. The number of carbonyl (C=O) groups excluding carboxylic acids is 2. The first-order valence-corrected chi connectivity index (χ1v) is 16.2. The summed E-state index contributed by atoms with van der Waals surface area (Å²) in [4.78, 5) is 29.0. The van der Waals surface area contributed by atoms with Crippen molar-refractivity contribution in [2.75, 3.05) is 17.5 Å². The molecule has 1 N–H and O–H groups in total. The molecule has 0 bridgehead atoms. The molecule has 10 heteroatoms. The molecule has 1 saturated carbocycles. The molecule has 0 aromatic heterocycles. The smallest absolute Gasteiger partial charge is 0.264 e. The van der Waals surface area contributed by atoms with E-state index in [-0.39, 0.29) is 23.4 Å². The van der Waals surface area contributed by atoms with Crippen LogP contribution in [0, 0.1) is 0 Å². The molecule has 8 nitrogen and oxygen atoms in total. The molecular formula is C32H38ClN3O5S. The Labute approximate surface area is 253 Å². The number of rotatable bonds is 12. The Hall–Kier alpha value is -3.56. The molecule has 3 aromatic carbocycles. The minimum Gasteiger partial charge on any atom is -0.494 e. The molecule has 4 rings (SSSR count). The summed E-state index contributed by atoms with van der Waals surface area (Å²) in [6, 6.07) is 20.8. The third-order valence-electron chi connectivity index (χ3n) is 7.43. The Balaban J connectivity index is 1.66. The summed E-state index contributed by atoms with van der Waals surface area (Å²) in [5.41, 5.74) is 1.07. The third-order valence-corrected chi connectivity index (χ3v) is 9.47. The molecule has 0 spiro atoms. The maximum atomic E-state index is 14.1. The Morgan fingerprint density at radius 3 is 2.21 bits per heavy atom. The van der Waals surface area contributed by atoms with Gasteiger partial charge in [-0.25, -0.2) is 8.42 Å². The molecule has 1 aliphatic carbocycles. The standard InChI is InChI=1S/C32H38ClN3O5S/c1-3-41-29-20-18-28(19-21-29)36(42(39,40)30-12-8-5-9-13-30)23-31(37)35(22-25-14-16-26(33)17-15-25)24(2)32(38)34-27-10-6-4-7-11-27/h5,8-9,12-21,24,27H,3-4,6-7,10-11,22-23H2,1-2H3,(H,34,38)/t24-/m1/s1. The number of hydrogen-bond acceptors (Lipinski definition) is 5. The highest BCUT2D eigenvalue weighted by Gasteiger charge is 2.33. The number of anilines is 1. The number of nitrogens with one attached hydrogen (secondary N) is 1. The van der Waals surface area contributed by atoms with Crippen molar-refractivity contribution in [1.29, 1.82) is 0 Å². The lowest BCUT2D eigenvalue weighted by atomic mass is 9.95. The quantitative estimate of drug-likeness (QED) is 0.279. The zero-order valence-corrected chi connectivity index (χ0v) is 25.6. The van der Waals surface area contributed by atoms with Gasteiger partial charge >= 0.3 is 0 Å². The summed E-state index contributed by atoms with van der Waals surface area (Å²) in [5.74, 6) is -0.186. The number of hydrogen-bond donors (Lipinski definition) is 1. The first kappa shape index (κ1) is 31.4. The fraction of sp³-hybridized carbons (Fsp3) is 0.375. The predicted molar refractivity (Wildman–Crippen MR) is 165 cm³/mol. The summed E-state index contributed by atoms with van der Waals surface area (Å²) in [6.07, 6.45) is 5.08. The molecule has 1 atom stereocenters. The molecule has 1 fully saturated rings. The van der Waals surface area contributed by atoms with Gasteiger partial charge in [0.15, 0.2) is 0 Å². The van der Waals surface area contributed by atoms with Crippen LogP contribution in [-0.2, 0) is 26.2 Å². The number of carbonyl (C=O) groups is 2. The lowest BCUT2D eigenvalue weighted by molar-refractivity contribution is -0.139. The minimum absolute atomic E-state index is 0.0547. The summed E-state index contributed by atoms with van der Waals surface area (Å²) in [6.45, 7) is 3.61. The molecule has 0 unspecified atom stereocenters. The van der Waals surface area contributed by atoms with Crippen LogP contribution in [-0.4, -0.2) is 50.4 Å². The van der Waals surface area contributed by atoms with Crippen molar-refractivity contribution in [3.05, 3.63) is 89.4 Å². The van der Waals surface area contributed by atoms with E-state index >= 15 is 0 Å². The Morgan fingerprint density at radius 1 is 0.952 bits per heavy atom. The van der Waals surface area contributed by atoms with Gasteiger partial charge in [-0.3, -0.25) is 13.9 Å². The Bertz CT molecular complexity index is 1430. The molecule has 3 aromatic rings. The van der Waals surface area contributed by atoms with E-state index in [9.17, 15) is 18.0 Å². The zero-order valence-electron chi connectivity index (χ0n) is 24.0. The van der Waals surface area contributed by atoms with E-state index in [1.807, 2.05) is 6.92 Å². The Kier molecular flexibility index (Phi) is 10.9. The Morgan fingerprint density at radius 2 is 1.60 bits per heavy atom. The van der Waals surface area contributed by atoms with Gasteiger partial charge in [-0.05, 0) is 80.8 Å². The van der Waals surface area contributed by atoms with Crippen molar-refractivity contribution in [2.24, 2.45) is 0 Å². The fourth-order valence-electron chi connectivity index (χ4n) is 5.06. The summed E-state index contributed by atoms with van der Waals surface area (Å²) < 4.78 is 34.4. The van der Waals surface area contributed by atoms with Crippen LogP contribution in [0.15, 0.2) is 83.8 Å². The van der Waals surface area contributed by atoms with Crippen LogP contribution >= 0.6 is 11.6 Å². The average Bonchev–Trinajstić information content (AvgIpc) is 3.00. The van der Waals surface area contributed by atoms with E-state index in [0.29, 0.717) is 23.1 Å². The highest BCUT2D eigenvalue weighted by Crippen LogP contribution is 2.27. The summed E-state index contributed by atoms with van der Waals surface area (Å²) in [5, 5.41) is 3.66. The molecule has 2 amide bonds. The average molecular weight is 612 g/mol. The lowest BCUT2D eigenvalue weighted by Crippen LogP contribution is -2.53. The summed E-state index contributed by atoms with van der Waals surface area (Å²) in [7, 11) is -4.13. The summed E-state index contributed by atoms with van der Waals surface area (Å²) >= 11 is 6.08. The highest BCUT2D eigenvalue weighted by atomic mass is 35.5. The van der Waals surface area contributed by atoms with E-state index in [1.165, 1.54) is 17.0 Å². The van der Waals surface area contributed by atoms with Gasteiger partial charge in [-0.15, -0.1) is 0 Å². The van der Waals surface area contributed by atoms with Gasteiger partial charge in [0.25, 0.3) is 10.0 Å². The molecule has 224 valence electrons. The zero-order chi connectivity index (χ0) is 30.1. The molecule has 0 radical (unpaired) electrons. The first-order valence-electron chi connectivity index (χ1n) is 14.3. The second kappa shape index (κ2) is 14.6. The predicted octanol–water partition coefficient (Wildman–Crippen LogP) is 5.80. The van der Waals surface area contributed by atoms with Gasteiger partial charge in [-0.2, -0.15) is 0 Å². The molecule has 0 saturated heterocycles. The van der Waals surface area contributed by atoms with E-state index in [4.69, 9.17) is 16.3 Å². The van der Waals surface area contributed by atoms with Crippen molar-refractivity contribution in [3.8, 4) is 5.75 Å². The topological polar surface area (TPSA) is 96.0 Å². The molecule has 0 aliphatic heterocycles. The molecule has 1 aliphatic rings. The van der Waals surface area contributed by atoms with Crippen LogP contribution in [0.4, 0.5) is 5.69 Å². The number of amides is 2. The van der Waals surface area contributed by atoms with Gasteiger partial charge in [0, 0.05) is 17.6 Å². The second-order valence-corrected chi connectivity index (χ2v) is 12.7.